The van der Waals surface area contributed by atoms with Gasteiger partial charge in [-0.1, -0.05) is 50.0 Å². The zero-order chi connectivity index (χ0) is 9.90. The molecule has 72 valence electrons. The molecule has 1 aromatic rings. The Morgan fingerprint density at radius 1 is 1.08 bits per heavy atom. The SMILES string of the molecule is Cc1ccccc1CC[Si](C)(C)C. The van der Waals surface area contributed by atoms with Crippen LogP contribution in [0.4, 0.5) is 0 Å². The normalized spacial score (nSPS) is 11.7. The molecule has 0 nitrogen and oxygen atoms in total. The Morgan fingerprint density at radius 3 is 2.23 bits per heavy atom. The van der Waals surface area contributed by atoms with E-state index in [0.29, 0.717) is 0 Å². The van der Waals surface area contributed by atoms with Crippen molar-refractivity contribution in [2.45, 2.75) is 39.0 Å². The minimum atomic E-state index is -0.863. The lowest BCUT2D eigenvalue weighted by Crippen LogP contribution is -2.20. The van der Waals surface area contributed by atoms with Gasteiger partial charge in [0.1, 0.15) is 0 Å². The second-order valence-electron chi connectivity index (χ2n) is 4.99. The lowest BCUT2D eigenvalue weighted by Gasteiger charge is -2.16. The van der Waals surface area contributed by atoms with E-state index in [-0.39, 0.29) is 0 Å². The standard InChI is InChI=1S/C12H20Si/c1-11-7-5-6-8-12(11)9-10-13(2,3)4/h5-8H,9-10H2,1-4H3. The third-order valence-electron chi connectivity index (χ3n) is 2.41. The van der Waals surface area contributed by atoms with Gasteiger partial charge in [0.05, 0.1) is 0 Å². The Balaban J connectivity index is 2.60. The summed E-state index contributed by atoms with van der Waals surface area (Å²) in [6, 6.07) is 10.1. The second-order valence-corrected chi connectivity index (χ2v) is 10.6. The number of aryl methyl sites for hydroxylation is 2. The van der Waals surface area contributed by atoms with E-state index in [2.05, 4.69) is 50.8 Å². The fourth-order valence-electron chi connectivity index (χ4n) is 1.40. The Hall–Kier alpha value is -0.563. The maximum atomic E-state index is 2.44. The highest BCUT2D eigenvalue weighted by Gasteiger charge is 2.12. The Kier molecular flexibility index (Phi) is 3.31. The van der Waals surface area contributed by atoms with Crippen LogP contribution in [0.25, 0.3) is 0 Å². The summed E-state index contributed by atoms with van der Waals surface area (Å²) in [5.41, 5.74) is 2.98. The Bertz CT molecular complexity index is 271. The van der Waals surface area contributed by atoms with Crippen molar-refractivity contribution < 1.29 is 0 Å². The number of hydrogen-bond donors (Lipinski definition) is 0. The summed E-state index contributed by atoms with van der Waals surface area (Å²) in [6.45, 7) is 9.52. The van der Waals surface area contributed by atoms with Crippen molar-refractivity contribution in [3.8, 4) is 0 Å². The van der Waals surface area contributed by atoms with Crippen molar-refractivity contribution in [1.29, 1.82) is 0 Å². The van der Waals surface area contributed by atoms with Crippen molar-refractivity contribution in [2.75, 3.05) is 0 Å². The van der Waals surface area contributed by atoms with E-state index in [9.17, 15) is 0 Å². The molecular weight excluding hydrogens is 172 g/mol. The third-order valence-corrected chi connectivity index (χ3v) is 4.16. The van der Waals surface area contributed by atoms with Gasteiger partial charge in [-0.05, 0) is 24.5 Å². The fourth-order valence-corrected chi connectivity index (χ4v) is 2.42. The number of rotatable bonds is 3. The van der Waals surface area contributed by atoms with E-state index in [0.717, 1.165) is 0 Å². The summed E-state index contributed by atoms with van der Waals surface area (Å²) < 4.78 is 0. The molecule has 0 atom stereocenters. The molecule has 13 heavy (non-hydrogen) atoms. The molecule has 1 aromatic carbocycles. The van der Waals surface area contributed by atoms with Crippen LogP contribution in [0, 0.1) is 6.92 Å². The van der Waals surface area contributed by atoms with Crippen LogP contribution in [0.2, 0.25) is 25.7 Å². The molecule has 1 rings (SSSR count). The Labute approximate surface area is 83.0 Å². The Morgan fingerprint density at radius 2 is 1.69 bits per heavy atom. The van der Waals surface area contributed by atoms with Crippen molar-refractivity contribution in [2.24, 2.45) is 0 Å². The first-order valence-electron chi connectivity index (χ1n) is 5.03. The van der Waals surface area contributed by atoms with Gasteiger partial charge in [-0.25, -0.2) is 0 Å². The summed E-state index contributed by atoms with van der Waals surface area (Å²) in [5, 5.41) is 0. The summed E-state index contributed by atoms with van der Waals surface area (Å²) >= 11 is 0. The minimum Gasteiger partial charge on any atom is -0.0695 e. The van der Waals surface area contributed by atoms with Gasteiger partial charge in [0.25, 0.3) is 0 Å². The molecule has 0 aromatic heterocycles. The van der Waals surface area contributed by atoms with Crippen LogP contribution in [0.3, 0.4) is 0 Å². The van der Waals surface area contributed by atoms with Gasteiger partial charge in [0.2, 0.25) is 0 Å². The molecule has 0 unspecified atom stereocenters. The fraction of sp³-hybridized carbons (Fsp3) is 0.500. The van der Waals surface area contributed by atoms with Crippen LogP contribution in [0.1, 0.15) is 11.1 Å². The van der Waals surface area contributed by atoms with Crippen LogP contribution < -0.4 is 0 Å². The van der Waals surface area contributed by atoms with E-state index >= 15 is 0 Å². The van der Waals surface area contributed by atoms with Gasteiger partial charge in [0.15, 0.2) is 0 Å². The highest BCUT2D eigenvalue weighted by molar-refractivity contribution is 6.76. The topological polar surface area (TPSA) is 0 Å². The monoisotopic (exact) mass is 192 g/mol. The summed E-state index contributed by atoms with van der Waals surface area (Å²) in [5.74, 6) is 0. The predicted molar refractivity (Wildman–Crippen MR) is 63.0 cm³/mol. The van der Waals surface area contributed by atoms with Gasteiger partial charge < -0.3 is 0 Å². The van der Waals surface area contributed by atoms with Crippen LogP contribution in [-0.4, -0.2) is 8.07 Å². The van der Waals surface area contributed by atoms with E-state index < -0.39 is 8.07 Å². The van der Waals surface area contributed by atoms with Crippen LogP contribution >= 0.6 is 0 Å². The molecule has 0 saturated carbocycles. The van der Waals surface area contributed by atoms with Crippen molar-refractivity contribution in [1.82, 2.24) is 0 Å². The highest BCUT2D eigenvalue weighted by Crippen LogP contribution is 2.16. The molecule has 1 heteroatoms. The molecule has 0 bridgehead atoms. The maximum Gasteiger partial charge on any atom is 0.0445 e. The van der Waals surface area contributed by atoms with Gasteiger partial charge >= 0.3 is 0 Å². The summed E-state index contributed by atoms with van der Waals surface area (Å²) in [6.07, 6.45) is 1.27. The van der Waals surface area contributed by atoms with Crippen molar-refractivity contribution in [3.63, 3.8) is 0 Å². The highest BCUT2D eigenvalue weighted by atomic mass is 28.3. The smallest absolute Gasteiger partial charge is 0.0445 e. The molecule has 0 fully saturated rings. The van der Waals surface area contributed by atoms with Gasteiger partial charge in [0, 0.05) is 8.07 Å². The zero-order valence-electron chi connectivity index (χ0n) is 9.22. The van der Waals surface area contributed by atoms with Crippen LogP contribution in [0.5, 0.6) is 0 Å². The summed E-state index contributed by atoms with van der Waals surface area (Å²) in [4.78, 5) is 0. The quantitative estimate of drug-likeness (QED) is 0.638. The molecule has 0 N–H and O–H groups in total. The third kappa shape index (κ3) is 3.77. The molecule has 0 aliphatic rings. The van der Waals surface area contributed by atoms with Crippen LogP contribution in [-0.2, 0) is 6.42 Å². The van der Waals surface area contributed by atoms with Gasteiger partial charge in [-0.15, -0.1) is 0 Å². The molecule has 0 amide bonds. The van der Waals surface area contributed by atoms with E-state index in [1.54, 1.807) is 0 Å². The molecule has 0 radical (unpaired) electrons. The maximum absolute atomic E-state index is 2.44. The first-order chi connectivity index (χ1) is 5.99. The predicted octanol–water partition coefficient (Wildman–Crippen LogP) is 3.88. The van der Waals surface area contributed by atoms with Gasteiger partial charge in [-0.3, -0.25) is 0 Å². The molecule has 0 spiro atoms. The van der Waals surface area contributed by atoms with Gasteiger partial charge in [-0.2, -0.15) is 0 Å². The lowest BCUT2D eigenvalue weighted by atomic mass is 10.1. The number of hydrogen-bond acceptors (Lipinski definition) is 0. The number of benzene rings is 1. The minimum absolute atomic E-state index is 0.863. The summed E-state index contributed by atoms with van der Waals surface area (Å²) in [7, 11) is -0.863. The first kappa shape index (κ1) is 10.5. The van der Waals surface area contributed by atoms with E-state index in [1.165, 1.54) is 23.6 Å². The molecule has 0 aliphatic heterocycles. The lowest BCUT2D eigenvalue weighted by molar-refractivity contribution is 1.07. The molecular formula is C12H20Si. The zero-order valence-corrected chi connectivity index (χ0v) is 10.2. The molecule has 0 saturated heterocycles. The second kappa shape index (κ2) is 4.10. The molecule has 0 aliphatic carbocycles. The average molecular weight is 192 g/mol. The largest absolute Gasteiger partial charge is 0.0695 e. The van der Waals surface area contributed by atoms with E-state index in [1.807, 2.05) is 0 Å². The van der Waals surface area contributed by atoms with E-state index in [4.69, 9.17) is 0 Å². The average Bonchev–Trinajstić information content (AvgIpc) is 2.01. The van der Waals surface area contributed by atoms with Crippen LogP contribution in [0.15, 0.2) is 24.3 Å². The molecule has 0 heterocycles. The van der Waals surface area contributed by atoms with Crippen molar-refractivity contribution >= 4 is 8.07 Å². The van der Waals surface area contributed by atoms with Crippen molar-refractivity contribution in [3.05, 3.63) is 35.4 Å². The first-order valence-corrected chi connectivity index (χ1v) is 8.74.